The molecular formula is C61H47NO. The summed E-state index contributed by atoms with van der Waals surface area (Å²) < 4.78 is 9.28. The number of nitrogens with zero attached hydrogens (tertiary/aromatic N) is 1. The van der Waals surface area contributed by atoms with Crippen LogP contribution in [0.2, 0.25) is 0 Å². The van der Waals surface area contributed by atoms with Crippen molar-refractivity contribution in [1.82, 2.24) is 4.57 Å². The average Bonchev–Trinajstić information content (AvgIpc) is 3.90. The van der Waals surface area contributed by atoms with Gasteiger partial charge in [0.25, 0.3) is 0 Å². The summed E-state index contributed by atoms with van der Waals surface area (Å²) >= 11 is 0. The van der Waals surface area contributed by atoms with Gasteiger partial charge >= 0.3 is 0 Å². The number of hydrogen-bond acceptors (Lipinski definition) is 1. The minimum atomic E-state index is -0.458. The summed E-state index contributed by atoms with van der Waals surface area (Å²) in [5.74, 6) is 1.78. The average molecular weight is 810 g/mol. The monoisotopic (exact) mass is 809 g/mol. The molecule has 10 aromatic rings. The molecule has 302 valence electrons. The summed E-state index contributed by atoms with van der Waals surface area (Å²) in [6, 6.07) is 66.3. The lowest BCUT2D eigenvalue weighted by Crippen LogP contribution is -2.27. The molecule has 0 saturated heterocycles. The fourth-order valence-electron chi connectivity index (χ4n) is 11.6. The van der Waals surface area contributed by atoms with Gasteiger partial charge in [-0.25, -0.2) is 0 Å². The van der Waals surface area contributed by atoms with Crippen molar-refractivity contribution in [3.8, 4) is 61.7 Å². The Kier molecular flexibility index (Phi) is 7.23. The van der Waals surface area contributed by atoms with E-state index in [4.69, 9.17) is 4.74 Å². The SMILES string of the molecule is CC(C)(C)c1ccc2c(c1)C1(c3cc(C(C)(C)C)ccc3-2)c2ccccc2-c2c(-c3ccc4c(c3)-c3cccc5c(-n6c7ccccc7c7ccccc76)ccc(c35)O4)cccc21. The second-order valence-corrected chi connectivity index (χ2v) is 20.0. The molecule has 2 nitrogen and oxygen atoms in total. The van der Waals surface area contributed by atoms with Gasteiger partial charge in [-0.2, -0.15) is 0 Å². The molecule has 3 aliphatic rings. The third kappa shape index (κ3) is 4.84. The Balaban J connectivity index is 1.04. The minimum Gasteiger partial charge on any atom is -0.456 e. The molecule has 13 rings (SSSR count). The smallest absolute Gasteiger partial charge is 0.136 e. The van der Waals surface area contributed by atoms with Crippen LogP contribution in [0, 0.1) is 0 Å². The zero-order chi connectivity index (χ0) is 42.6. The summed E-state index contributed by atoms with van der Waals surface area (Å²) in [5, 5.41) is 4.83. The van der Waals surface area contributed by atoms with Crippen molar-refractivity contribution in [2.45, 2.75) is 57.8 Å². The summed E-state index contributed by atoms with van der Waals surface area (Å²) in [7, 11) is 0. The van der Waals surface area contributed by atoms with Crippen LogP contribution in [0.3, 0.4) is 0 Å². The minimum absolute atomic E-state index is 0.00125. The van der Waals surface area contributed by atoms with Crippen molar-refractivity contribution in [2.24, 2.45) is 0 Å². The number of para-hydroxylation sites is 2. The van der Waals surface area contributed by atoms with Crippen molar-refractivity contribution in [3.63, 3.8) is 0 Å². The van der Waals surface area contributed by atoms with Crippen molar-refractivity contribution < 1.29 is 4.74 Å². The topological polar surface area (TPSA) is 14.2 Å². The Hall–Kier alpha value is -7.16. The molecule has 0 saturated carbocycles. The summed E-state index contributed by atoms with van der Waals surface area (Å²) in [6.45, 7) is 14.0. The van der Waals surface area contributed by atoms with Crippen LogP contribution in [0.15, 0.2) is 176 Å². The van der Waals surface area contributed by atoms with Gasteiger partial charge in [0.1, 0.15) is 11.5 Å². The van der Waals surface area contributed by atoms with Gasteiger partial charge in [-0.05, 0) is 120 Å². The zero-order valence-corrected chi connectivity index (χ0v) is 36.6. The largest absolute Gasteiger partial charge is 0.456 e. The van der Waals surface area contributed by atoms with E-state index in [1.807, 2.05) is 0 Å². The highest BCUT2D eigenvalue weighted by Crippen LogP contribution is 2.65. The molecule has 0 unspecified atom stereocenters. The van der Waals surface area contributed by atoms with Crippen LogP contribution in [0.25, 0.3) is 82.8 Å². The van der Waals surface area contributed by atoms with Crippen LogP contribution < -0.4 is 4.74 Å². The van der Waals surface area contributed by atoms with Crippen LogP contribution in [0.4, 0.5) is 0 Å². The third-order valence-corrected chi connectivity index (χ3v) is 14.5. The molecule has 1 aromatic heterocycles. The van der Waals surface area contributed by atoms with Crippen LogP contribution in [-0.4, -0.2) is 4.57 Å². The highest BCUT2D eigenvalue weighted by atomic mass is 16.5. The van der Waals surface area contributed by atoms with Gasteiger partial charge in [-0.1, -0.05) is 181 Å². The van der Waals surface area contributed by atoms with Crippen LogP contribution in [0.5, 0.6) is 11.5 Å². The van der Waals surface area contributed by atoms with Gasteiger partial charge < -0.3 is 9.30 Å². The molecule has 0 fully saturated rings. The lowest BCUT2D eigenvalue weighted by Gasteiger charge is -2.33. The lowest BCUT2D eigenvalue weighted by molar-refractivity contribution is 0.487. The third-order valence-electron chi connectivity index (χ3n) is 14.5. The summed E-state index contributed by atoms with van der Waals surface area (Å²) in [5.41, 5.74) is 21.4. The zero-order valence-electron chi connectivity index (χ0n) is 36.6. The van der Waals surface area contributed by atoms with Crippen LogP contribution in [-0.2, 0) is 16.2 Å². The Bertz CT molecular complexity index is 3500. The Morgan fingerprint density at radius 3 is 1.63 bits per heavy atom. The number of hydrogen-bond donors (Lipinski definition) is 0. The molecule has 9 aromatic carbocycles. The maximum atomic E-state index is 6.86. The van der Waals surface area contributed by atoms with E-state index in [9.17, 15) is 0 Å². The predicted octanol–water partition coefficient (Wildman–Crippen LogP) is 16.3. The molecule has 2 aliphatic carbocycles. The standard InChI is InChI=1S/C61H47NO/c1-59(2,3)37-26-28-40-41-29-27-38(60(4,5)6)35-51(41)61(50(40)34-37)48-21-10-7-17-45(48)57-39(18-14-22-49(57)61)36-25-31-55-47(33-36)44-19-13-20-46-54(30-32-56(63-55)58(44)46)62-52-23-11-8-15-42(52)43-16-9-12-24-53(43)62/h7-35H,1-6H3. The van der Waals surface area contributed by atoms with E-state index in [-0.39, 0.29) is 10.8 Å². The Labute approximate surface area is 369 Å². The van der Waals surface area contributed by atoms with Crippen molar-refractivity contribution in [3.05, 3.63) is 209 Å². The molecular weight excluding hydrogens is 763 g/mol. The van der Waals surface area contributed by atoms with Crippen molar-refractivity contribution >= 4 is 32.6 Å². The molecule has 0 bridgehead atoms. The maximum Gasteiger partial charge on any atom is 0.136 e. The highest BCUT2D eigenvalue weighted by Gasteiger charge is 2.52. The van der Waals surface area contributed by atoms with E-state index >= 15 is 0 Å². The van der Waals surface area contributed by atoms with Gasteiger partial charge in [0, 0.05) is 27.1 Å². The number of rotatable bonds is 2. The van der Waals surface area contributed by atoms with Gasteiger partial charge in [-0.15, -0.1) is 0 Å². The van der Waals surface area contributed by atoms with Crippen molar-refractivity contribution in [1.29, 1.82) is 0 Å². The first-order valence-electron chi connectivity index (χ1n) is 22.4. The number of ether oxygens (including phenoxy) is 1. The van der Waals surface area contributed by atoms with E-state index in [0.29, 0.717) is 0 Å². The molecule has 1 spiro atoms. The quantitative estimate of drug-likeness (QED) is 0.170. The fraction of sp³-hybridized carbons (Fsp3) is 0.148. The molecule has 63 heavy (non-hydrogen) atoms. The van der Waals surface area contributed by atoms with E-state index in [1.54, 1.807) is 0 Å². The van der Waals surface area contributed by atoms with E-state index < -0.39 is 5.41 Å². The second kappa shape index (κ2) is 12.5. The second-order valence-electron chi connectivity index (χ2n) is 20.0. The predicted molar refractivity (Wildman–Crippen MR) is 263 cm³/mol. The first-order valence-corrected chi connectivity index (χ1v) is 22.4. The highest BCUT2D eigenvalue weighted by molar-refractivity contribution is 6.13. The van der Waals surface area contributed by atoms with Crippen LogP contribution in [0.1, 0.15) is 74.9 Å². The van der Waals surface area contributed by atoms with Gasteiger partial charge in [0.2, 0.25) is 0 Å². The Morgan fingerprint density at radius 2 is 0.952 bits per heavy atom. The number of aromatic nitrogens is 1. The molecule has 0 amide bonds. The Morgan fingerprint density at radius 1 is 0.397 bits per heavy atom. The molecule has 1 aliphatic heterocycles. The van der Waals surface area contributed by atoms with E-state index in [0.717, 1.165) is 28.1 Å². The molecule has 0 N–H and O–H groups in total. The number of fused-ring (bicyclic) bond motifs is 15. The van der Waals surface area contributed by atoms with Crippen LogP contribution >= 0.6 is 0 Å². The van der Waals surface area contributed by atoms with Crippen molar-refractivity contribution in [2.75, 3.05) is 0 Å². The molecule has 2 heteroatoms. The van der Waals surface area contributed by atoms with Gasteiger partial charge in [0.05, 0.1) is 22.1 Å². The lowest BCUT2D eigenvalue weighted by atomic mass is 9.68. The van der Waals surface area contributed by atoms with Gasteiger partial charge in [0.15, 0.2) is 0 Å². The number of benzene rings is 9. The first kappa shape index (κ1) is 36.5. The summed E-state index contributed by atoms with van der Waals surface area (Å²) in [6.07, 6.45) is 0. The first-order chi connectivity index (χ1) is 30.5. The fourth-order valence-corrected chi connectivity index (χ4v) is 11.6. The molecule has 0 atom stereocenters. The van der Waals surface area contributed by atoms with Gasteiger partial charge in [-0.3, -0.25) is 0 Å². The molecule has 2 heterocycles. The molecule has 0 radical (unpaired) electrons. The maximum absolute atomic E-state index is 6.86. The van der Waals surface area contributed by atoms with E-state index in [2.05, 4.69) is 222 Å². The normalized spacial score (nSPS) is 14.1. The van der Waals surface area contributed by atoms with E-state index in [1.165, 1.54) is 99.5 Å². The summed E-state index contributed by atoms with van der Waals surface area (Å²) in [4.78, 5) is 0.